The van der Waals surface area contributed by atoms with Crippen LogP contribution in [0.2, 0.25) is 0 Å². The SMILES string of the molecule is C=C(Cl)CN1CCC(C(=O)N(C)C(C)C)CC1. The minimum absolute atomic E-state index is 0.183. The average molecular weight is 259 g/mol. The fourth-order valence-electron chi connectivity index (χ4n) is 2.12. The third-order valence-corrected chi connectivity index (χ3v) is 3.57. The summed E-state index contributed by atoms with van der Waals surface area (Å²) in [7, 11) is 1.89. The molecule has 0 aromatic rings. The maximum Gasteiger partial charge on any atom is 0.225 e. The smallest absolute Gasteiger partial charge is 0.225 e. The lowest BCUT2D eigenvalue weighted by molar-refractivity contribution is -0.137. The predicted molar refractivity (Wildman–Crippen MR) is 72.1 cm³/mol. The number of nitrogens with zero attached hydrogens (tertiary/aromatic N) is 2. The topological polar surface area (TPSA) is 23.6 Å². The van der Waals surface area contributed by atoms with E-state index < -0.39 is 0 Å². The summed E-state index contributed by atoms with van der Waals surface area (Å²) in [6.45, 7) is 10.4. The third-order valence-electron chi connectivity index (χ3n) is 3.45. The van der Waals surface area contributed by atoms with E-state index in [2.05, 4.69) is 11.5 Å². The molecule has 0 atom stereocenters. The Kier molecular flexibility index (Phi) is 5.47. The van der Waals surface area contributed by atoms with Crippen molar-refractivity contribution in [1.29, 1.82) is 0 Å². The summed E-state index contributed by atoms with van der Waals surface area (Å²) in [5.74, 6) is 0.464. The molecular formula is C13H23ClN2O. The maximum atomic E-state index is 12.1. The fraction of sp³-hybridized carbons (Fsp3) is 0.769. The molecule has 1 heterocycles. The van der Waals surface area contributed by atoms with Gasteiger partial charge >= 0.3 is 0 Å². The van der Waals surface area contributed by atoms with Gasteiger partial charge in [0.1, 0.15) is 0 Å². The van der Waals surface area contributed by atoms with Gasteiger partial charge in [-0.2, -0.15) is 0 Å². The highest BCUT2D eigenvalue weighted by Gasteiger charge is 2.27. The van der Waals surface area contributed by atoms with Gasteiger partial charge in [-0.1, -0.05) is 18.2 Å². The van der Waals surface area contributed by atoms with Crippen LogP contribution >= 0.6 is 11.6 Å². The van der Waals surface area contributed by atoms with Gasteiger partial charge in [0.15, 0.2) is 0 Å². The largest absolute Gasteiger partial charge is 0.343 e. The Morgan fingerprint density at radius 2 is 2.00 bits per heavy atom. The van der Waals surface area contributed by atoms with Gasteiger partial charge in [0.05, 0.1) is 0 Å². The molecule has 0 bridgehead atoms. The van der Waals surface area contributed by atoms with E-state index in [4.69, 9.17) is 11.6 Å². The molecule has 0 saturated carbocycles. The number of hydrogen-bond acceptors (Lipinski definition) is 2. The summed E-state index contributed by atoms with van der Waals surface area (Å²) in [5.41, 5.74) is 0. The van der Waals surface area contributed by atoms with E-state index in [9.17, 15) is 4.79 Å². The number of carbonyl (C=O) groups is 1. The highest BCUT2D eigenvalue weighted by Crippen LogP contribution is 2.20. The van der Waals surface area contributed by atoms with Gasteiger partial charge in [0.2, 0.25) is 5.91 Å². The molecule has 0 spiro atoms. The van der Waals surface area contributed by atoms with Crippen LogP contribution in [0.3, 0.4) is 0 Å². The van der Waals surface area contributed by atoms with Crippen molar-refractivity contribution < 1.29 is 4.79 Å². The second kappa shape index (κ2) is 6.41. The summed E-state index contributed by atoms with van der Waals surface area (Å²) >= 11 is 5.79. The lowest BCUT2D eigenvalue weighted by Crippen LogP contribution is -2.43. The third kappa shape index (κ3) is 4.32. The van der Waals surface area contributed by atoms with Crippen molar-refractivity contribution in [2.24, 2.45) is 5.92 Å². The summed E-state index contributed by atoms with van der Waals surface area (Å²) in [4.78, 5) is 16.2. The molecule has 1 aliphatic rings. The summed E-state index contributed by atoms with van der Waals surface area (Å²) in [6.07, 6.45) is 1.86. The Hall–Kier alpha value is -0.540. The van der Waals surface area contributed by atoms with E-state index in [0.29, 0.717) is 5.03 Å². The predicted octanol–water partition coefficient (Wildman–Crippen LogP) is 2.32. The monoisotopic (exact) mass is 258 g/mol. The van der Waals surface area contributed by atoms with Gasteiger partial charge in [-0.3, -0.25) is 9.69 Å². The van der Waals surface area contributed by atoms with Crippen molar-refractivity contribution in [1.82, 2.24) is 9.80 Å². The Bertz CT molecular complexity index is 283. The number of rotatable bonds is 4. The summed E-state index contributed by atoms with van der Waals surface area (Å²) in [5, 5.41) is 0.675. The van der Waals surface area contributed by atoms with E-state index in [1.165, 1.54) is 0 Å². The number of amides is 1. The van der Waals surface area contributed by atoms with E-state index in [0.717, 1.165) is 32.5 Å². The van der Waals surface area contributed by atoms with Crippen molar-refractivity contribution >= 4 is 17.5 Å². The van der Waals surface area contributed by atoms with Gasteiger partial charge in [0, 0.05) is 30.6 Å². The molecule has 1 aliphatic heterocycles. The molecule has 3 nitrogen and oxygen atoms in total. The summed E-state index contributed by atoms with van der Waals surface area (Å²) < 4.78 is 0. The van der Waals surface area contributed by atoms with Crippen molar-refractivity contribution in [3.05, 3.63) is 11.6 Å². The lowest BCUT2D eigenvalue weighted by Gasteiger charge is -2.34. The van der Waals surface area contributed by atoms with Crippen LogP contribution < -0.4 is 0 Å². The summed E-state index contributed by atoms with van der Waals surface area (Å²) in [6, 6.07) is 0.281. The zero-order chi connectivity index (χ0) is 13.0. The first kappa shape index (κ1) is 14.5. The van der Waals surface area contributed by atoms with Gasteiger partial charge in [0.25, 0.3) is 0 Å². The first-order valence-corrected chi connectivity index (χ1v) is 6.62. The number of carbonyl (C=O) groups excluding carboxylic acids is 1. The Morgan fingerprint density at radius 3 is 2.41 bits per heavy atom. The van der Waals surface area contributed by atoms with Crippen LogP contribution in [0.15, 0.2) is 11.6 Å². The number of halogens is 1. The normalized spacial score (nSPS) is 18.4. The fourth-order valence-corrected chi connectivity index (χ4v) is 2.29. The standard InChI is InChI=1S/C13H23ClN2O/c1-10(2)15(4)13(17)12-5-7-16(8-6-12)9-11(3)14/h10,12H,3,5-9H2,1-2,4H3. The van der Waals surface area contributed by atoms with Crippen LogP contribution in [0.5, 0.6) is 0 Å². The Labute approximate surface area is 109 Å². The number of hydrogen-bond donors (Lipinski definition) is 0. The van der Waals surface area contributed by atoms with Crippen molar-refractivity contribution in [3.63, 3.8) is 0 Å². The first-order chi connectivity index (χ1) is 7.91. The molecule has 98 valence electrons. The number of likely N-dealkylation sites (tertiary alicyclic amines) is 1. The van der Waals surface area contributed by atoms with Gasteiger partial charge < -0.3 is 4.90 Å². The Morgan fingerprint density at radius 1 is 1.47 bits per heavy atom. The number of piperidine rings is 1. The molecule has 17 heavy (non-hydrogen) atoms. The van der Waals surface area contributed by atoms with Crippen LogP contribution in [0, 0.1) is 5.92 Å². The Balaban J connectivity index is 2.41. The second-order valence-electron chi connectivity index (χ2n) is 5.11. The van der Waals surface area contributed by atoms with Crippen LogP contribution in [0.25, 0.3) is 0 Å². The van der Waals surface area contributed by atoms with Crippen molar-refractivity contribution in [2.45, 2.75) is 32.7 Å². The zero-order valence-corrected chi connectivity index (χ0v) is 11.8. The molecule has 0 aliphatic carbocycles. The molecule has 1 fully saturated rings. The maximum absolute atomic E-state index is 12.1. The van der Waals surface area contributed by atoms with Crippen LogP contribution in [0.4, 0.5) is 0 Å². The zero-order valence-electron chi connectivity index (χ0n) is 11.1. The van der Waals surface area contributed by atoms with Gasteiger partial charge in [-0.05, 0) is 39.8 Å². The van der Waals surface area contributed by atoms with E-state index in [-0.39, 0.29) is 17.9 Å². The van der Waals surface area contributed by atoms with Crippen LogP contribution in [-0.4, -0.2) is 48.4 Å². The molecule has 0 N–H and O–H groups in total. The minimum Gasteiger partial charge on any atom is -0.343 e. The molecule has 4 heteroatoms. The van der Waals surface area contributed by atoms with E-state index in [1.807, 2.05) is 25.8 Å². The lowest BCUT2D eigenvalue weighted by atomic mass is 9.95. The van der Waals surface area contributed by atoms with E-state index >= 15 is 0 Å². The molecule has 0 radical (unpaired) electrons. The van der Waals surface area contributed by atoms with Crippen LogP contribution in [-0.2, 0) is 4.79 Å². The molecular weight excluding hydrogens is 236 g/mol. The molecule has 1 saturated heterocycles. The molecule has 0 aromatic carbocycles. The highest BCUT2D eigenvalue weighted by atomic mass is 35.5. The average Bonchev–Trinajstić information content (AvgIpc) is 2.27. The van der Waals surface area contributed by atoms with Crippen molar-refractivity contribution in [2.75, 3.05) is 26.7 Å². The molecule has 0 unspecified atom stereocenters. The highest BCUT2D eigenvalue weighted by molar-refractivity contribution is 6.29. The van der Waals surface area contributed by atoms with Crippen LogP contribution in [0.1, 0.15) is 26.7 Å². The molecule has 1 amide bonds. The molecule has 0 aromatic heterocycles. The van der Waals surface area contributed by atoms with E-state index in [1.54, 1.807) is 0 Å². The second-order valence-corrected chi connectivity index (χ2v) is 5.65. The first-order valence-electron chi connectivity index (χ1n) is 6.24. The van der Waals surface area contributed by atoms with Crippen molar-refractivity contribution in [3.8, 4) is 0 Å². The van der Waals surface area contributed by atoms with Gasteiger partial charge in [-0.15, -0.1) is 0 Å². The molecule has 1 rings (SSSR count). The quantitative estimate of drug-likeness (QED) is 0.773. The minimum atomic E-state index is 0.183. The van der Waals surface area contributed by atoms with Gasteiger partial charge in [-0.25, -0.2) is 0 Å².